The molecule has 45 heavy (non-hydrogen) atoms. The van der Waals surface area contributed by atoms with Gasteiger partial charge < -0.3 is 4.57 Å². The fourth-order valence-corrected chi connectivity index (χ4v) is 9.01. The van der Waals surface area contributed by atoms with Gasteiger partial charge >= 0.3 is 0 Å². The second kappa shape index (κ2) is 9.57. The molecule has 4 aromatic heterocycles. The van der Waals surface area contributed by atoms with Crippen LogP contribution < -0.4 is 0 Å². The lowest BCUT2D eigenvalue weighted by atomic mass is 10.1. The molecule has 5 heteroatoms. The molecule has 0 N–H and O–H groups in total. The van der Waals surface area contributed by atoms with Crippen molar-refractivity contribution in [2.24, 2.45) is 0 Å². The van der Waals surface area contributed by atoms with Crippen molar-refractivity contribution in [3.63, 3.8) is 0 Å². The van der Waals surface area contributed by atoms with Crippen molar-refractivity contribution in [1.82, 2.24) is 14.5 Å². The van der Waals surface area contributed by atoms with E-state index in [1.54, 1.807) is 11.3 Å². The maximum atomic E-state index is 5.18. The molecule has 0 amide bonds. The number of hydrogen-bond donors (Lipinski definition) is 0. The zero-order valence-corrected chi connectivity index (χ0v) is 25.6. The van der Waals surface area contributed by atoms with Gasteiger partial charge in [-0.25, -0.2) is 9.97 Å². The van der Waals surface area contributed by atoms with Gasteiger partial charge in [0.15, 0.2) is 5.82 Å². The quantitative estimate of drug-likeness (QED) is 0.199. The lowest BCUT2D eigenvalue weighted by Crippen LogP contribution is -1.95. The van der Waals surface area contributed by atoms with Gasteiger partial charge in [0.1, 0.15) is 0 Å². The number of rotatable bonds is 3. The summed E-state index contributed by atoms with van der Waals surface area (Å²) in [6, 6.07) is 49.9. The van der Waals surface area contributed by atoms with Crippen molar-refractivity contribution >= 4 is 85.0 Å². The van der Waals surface area contributed by atoms with E-state index < -0.39 is 0 Å². The first-order valence-electron chi connectivity index (χ1n) is 15.0. The SMILES string of the molecule is c1ccc(-c2nc(-c3ccc(-n4c5ccccc5c5cc6c(cc54)sc4ccccc46)cc3)c3sc4ccccc4c3n2)cc1. The summed E-state index contributed by atoms with van der Waals surface area (Å²) in [5, 5.41) is 6.37. The Morgan fingerprint density at radius 2 is 1.13 bits per heavy atom. The van der Waals surface area contributed by atoms with Crippen LogP contribution in [0.3, 0.4) is 0 Å². The number of para-hydroxylation sites is 1. The molecule has 0 atom stereocenters. The van der Waals surface area contributed by atoms with Crippen LogP contribution in [0.4, 0.5) is 0 Å². The molecular weight excluding hydrogens is 587 g/mol. The molecule has 10 rings (SSSR count). The molecule has 0 aliphatic rings. The van der Waals surface area contributed by atoms with Crippen LogP contribution in [0.5, 0.6) is 0 Å². The molecule has 0 saturated carbocycles. The Labute approximate surface area is 266 Å². The molecule has 6 aromatic carbocycles. The second-order valence-electron chi connectivity index (χ2n) is 11.4. The number of thiophene rings is 2. The largest absolute Gasteiger partial charge is 0.309 e. The highest BCUT2D eigenvalue weighted by Gasteiger charge is 2.18. The zero-order chi connectivity index (χ0) is 29.5. The van der Waals surface area contributed by atoms with Gasteiger partial charge in [-0.15, -0.1) is 22.7 Å². The summed E-state index contributed by atoms with van der Waals surface area (Å²) in [5.74, 6) is 0.750. The molecule has 0 radical (unpaired) electrons. The van der Waals surface area contributed by atoms with E-state index in [2.05, 4.69) is 126 Å². The van der Waals surface area contributed by atoms with E-state index in [-0.39, 0.29) is 0 Å². The summed E-state index contributed by atoms with van der Waals surface area (Å²) in [6.45, 7) is 0. The smallest absolute Gasteiger partial charge is 0.160 e. The van der Waals surface area contributed by atoms with Crippen LogP contribution in [0, 0.1) is 0 Å². The molecule has 0 bridgehead atoms. The first kappa shape index (κ1) is 25.0. The van der Waals surface area contributed by atoms with Crippen molar-refractivity contribution in [3.05, 3.63) is 140 Å². The molecule has 210 valence electrons. The fraction of sp³-hybridized carbons (Fsp3) is 0. The third kappa shape index (κ3) is 3.75. The van der Waals surface area contributed by atoms with Crippen LogP contribution in [0.15, 0.2) is 140 Å². The molecule has 0 fully saturated rings. The van der Waals surface area contributed by atoms with E-state index in [0.29, 0.717) is 0 Å². The second-order valence-corrected chi connectivity index (χ2v) is 13.5. The van der Waals surface area contributed by atoms with Gasteiger partial charge in [-0.3, -0.25) is 0 Å². The standard InChI is InChI=1S/C40H23N3S2/c1-2-10-25(11-3-1)40-41-37(39-38(42-40)29-14-6-9-17-35(29)45-39)24-18-20-26(21-19-24)43-32-15-7-4-12-27(32)30-22-31-28-13-5-8-16-34(28)44-36(31)23-33(30)43/h1-23H. The Bertz CT molecular complexity index is 2750. The average molecular weight is 610 g/mol. The normalized spacial score (nSPS) is 12.0. The number of nitrogens with zero attached hydrogens (tertiary/aromatic N) is 3. The molecule has 0 saturated heterocycles. The van der Waals surface area contributed by atoms with Crippen LogP contribution in [0.25, 0.3) is 90.6 Å². The molecule has 10 aromatic rings. The number of fused-ring (bicyclic) bond motifs is 9. The molecular formula is C40H23N3S2. The highest BCUT2D eigenvalue weighted by Crippen LogP contribution is 2.42. The Morgan fingerprint density at radius 1 is 0.444 bits per heavy atom. The van der Waals surface area contributed by atoms with Crippen LogP contribution in [-0.2, 0) is 0 Å². The molecule has 0 spiro atoms. The van der Waals surface area contributed by atoms with Gasteiger partial charge in [-0.2, -0.15) is 0 Å². The molecule has 0 aliphatic carbocycles. The summed E-state index contributed by atoms with van der Waals surface area (Å²) < 4.78 is 7.39. The maximum absolute atomic E-state index is 5.18. The zero-order valence-electron chi connectivity index (χ0n) is 23.9. The fourth-order valence-electron chi connectivity index (χ4n) is 6.74. The summed E-state index contributed by atoms with van der Waals surface area (Å²) in [6.07, 6.45) is 0. The average Bonchev–Trinajstić information content (AvgIpc) is 3.76. The van der Waals surface area contributed by atoms with E-state index in [0.717, 1.165) is 38.5 Å². The van der Waals surface area contributed by atoms with Crippen molar-refractivity contribution in [2.75, 3.05) is 0 Å². The third-order valence-corrected chi connectivity index (χ3v) is 11.1. The van der Waals surface area contributed by atoms with Crippen molar-refractivity contribution in [2.45, 2.75) is 0 Å². The minimum atomic E-state index is 0.750. The van der Waals surface area contributed by atoms with Gasteiger partial charge in [0, 0.05) is 57.8 Å². The molecule has 4 heterocycles. The van der Waals surface area contributed by atoms with Crippen LogP contribution in [-0.4, -0.2) is 14.5 Å². The van der Waals surface area contributed by atoms with E-state index >= 15 is 0 Å². The molecule has 0 aliphatic heterocycles. The summed E-state index contributed by atoms with van der Waals surface area (Å²) >= 11 is 3.63. The Balaban J connectivity index is 1.19. The minimum Gasteiger partial charge on any atom is -0.309 e. The highest BCUT2D eigenvalue weighted by molar-refractivity contribution is 7.26. The Morgan fingerprint density at radius 3 is 1.96 bits per heavy atom. The van der Waals surface area contributed by atoms with E-state index in [1.807, 2.05) is 29.5 Å². The van der Waals surface area contributed by atoms with Crippen LogP contribution >= 0.6 is 22.7 Å². The van der Waals surface area contributed by atoms with E-state index in [4.69, 9.17) is 9.97 Å². The van der Waals surface area contributed by atoms with Gasteiger partial charge in [0.05, 0.1) is 26.9 Å². The monoisotopic (exact) mass is 609 g/mol. The van der Waals surface area contributed by atoms with E-state index in [1.165, 1.54) is 52.1 Å². The molecule has 0 unspecified atom stereocenters. The minimum absolute atomic E-state index is 0.750. The number of hydrogen-bond acceptors (Lipinski definition) is 4. The van der Waals surface area contributed by atoms with Gasteiger partial charge in [0.25, 0.3) is 0 Å². The Kier molecular flexibility index (Phi) is 5.32. The lowest BCUT2D eigenvalue weighted by molar-refractivity contribution is 1.18. The number of aromatic nitrogens is 3. The third-order valence-electron chi connectivity index (χ3n) is 8.82. The lowest BCUT2D eigenvalue weighted by Gasteiger charge is -2.10. The van der Waals surface area contributed by atoms with Gasteiger partial charge in [0.2, 0.25) is 0 Å². The maximum Gasteiger partial charge on any atom is 0.160 e. The first-order valence-corrected chi connectivity index (χ1v) is 16.6. The summed E-state index contributed by atoms with van der Waals surface area (Å²) in [4.78, 5) is 10.3. The van der Waals surface area contributed by atoms with Crippen LogP contribution in [0.2, 0.25) is 0 Å². The van der Waals surface area contributed by atoms with Crippen molar-refractivity contribution in [3.8, 4) is 28.3 Å². The topological polar surface area (TPSA) is 30.7 Å². The first-order chi connectivity index (χ1) is 22.3. The summed E-state index contributed by atoms with van der Waals surface area (Å²) in [7, 11) is 0. The predicted octanol–water partition coefficient (Wildman–Crippen LogP) is 11.6. The molecule has 3 nitrogen and oxygen atoms in total. The number of benzene rings is 6. The van der Waals surface area contributed by atoms with E-state index in [9.17, 15) is 0 Å². The highest BCUT2D eigenvalue weighted by atomic mass is 32.1. The Hall–Kier alpha value is -5.36. The van der Waals surface area contributed by atoms with Crippen molar-refractivity contribution < 1.29 is 0 Å². The predicted molar refractivity (Wildman–Crippen MR) is 193 cm³/mol. The van der Waals surface area contributed by atoms with Crippen molar-refractivity contribution in [1.29, 1.82) is 0 Å². The van der Waals surface area contributed by atoms with Gasteiger partial charge in [-0.1, -0.05) is 97.1 Å². The van der Waals surface area contributed by atoms with Gasteiger partial charge in [-0.05, 0) is 42.5 Å². The van der Waals surface area contributed by atoms with Crippen LogP contribution in [0.1, 0.15) is 0 Å². The summed E-state index contributed by atoms with van der Waals surface area (Å²) in [5.41, 5.74) is 7.66.